The molecule has 0 unspecified atom stereocenters. The second-order valence-electron chi connectivity index (χ2n) is 12.4. The number of hydrogen-bond donors (Lipinski definition) is 3. The Balaban J connectivity index is 1.22. The van der Waals surface area contributed by atoms with Gasteiger partial charge in [0.25, 0.3) is 5.91 Å². The number of halogens is 3. The third-order valence-corrected chi connectivity index (χ3v) is 8.91. The van der Waals surface area contributed by atoms with Gasteiger partial charge in [-0.15, -0.1) is 0 Å². The molecule has 1 aromatic heterocycles. The third-order valence-electron chi connectivity index (χ3n) is 8.91. The van der Waals surface area contributed by atoms with Crippen molar-refractivity contribution in [2.45, 2.75) is 82.7 Å². The lowest BCUT2D eigenvalue weighted by Gasteiger charge is -2.28. The number of carbonyl (C=O) groups excluding carboxylic acids is 3. The minimum absolute atomic E-state index is 0.0242. The molecule has 1 aromatic carbocycles. The van der Waals surface area contributed by atoms with Gasteiger partial charge in [0, 0.05) is 29.6 Å². The van der Waals surface area contributed by atoms with Gasteiger partial charge in [-0.2, -0.15) is 18.3 Å². The number of rotatable bonds is 9. The summed E-state index contributed by atoms with van der Waals surface area (Å²) in [4.78, 5) is 41.0. The van der Waals surface area contributed by atoms with E-state index in [9.17, 15) is 27.6 Å². The summed E-state index contributed by atoms with van der Waals surface area (Å²) in [5.74, 6) is 0.502. The molecule has 0 spiro atoms. The van der Waals surface area contributed by atoms with Gasteiger partial charge in [0.1, 0.15) is 23.5 Å². The monoisotopic (exact) mass is 602 g/mol. The summed E-state index contributed by atoms with van der Waals surface area (Å²) in [6.45, 7) is 3.71. The third kappa shape index (κ3) is 6.16. The van der Waals surface area contributed by atoms with Crippen LogP contribution in [-0.4, -0.2) is 63.9 Å². The summed E-state index contributed by atoms with van der Waals surface area (Å²) in [6, 6.07) is 2.60. The van der Waals surface area contributed by atoms with Gasteiger partial charge in [-0.1, -0.05) is 6.07 Å². The van der Waals surface area contributed by atoms with Gasteiger partial charge < -0.3 is 25.6 Å². The minimum atomic E-state index is -4.54. The van der Waals surface area contributed by atoms with Crippen LogP contribution in [0, 0.1) is 17.8 Å². The molecule has 0 radical (unpaired) electrons. The van der Waals surface area contributed by atoms with Crippen LogP contribution >= 0.6 is 0 Å². The van der Waals surface area contributed by atoms with Crippen molar-refractivity contribution in [1.29, 1.82) is 0 Å². The summed E-state index contributed by atoms with van der Waals surface area (Å²) < 4.78 is 47.6. The van der Waals surface area contributed by atoms with Gasteiger partial charge in [-0.3, -0.25) is 14.3 Å². The van der Waals surface area contributed by atoms with Crippen molar-refractivity contribution in [3.8, 4) is 5.75 Å². The fourth-order valence-corrected chi connectivity index (χ4v) is 6.53. The van der Waals surface area contributed by atoms with E-state index in [0.717, 1.165) is 25.7 Å². The number of hydrogen-bond acceptors (Lipinski definition) is 5. The van der Waals surface area contributed by atoms with Crippen LogP contribution in [0.3, 0.4) is 0 Å². The molecule has 1 saturated heterocycles. The Morgan fingerprint density at radius 3 is 2.44 bits per heavy atom. The molecule has 43 heavy (non-hydrogen) atoms. The van der Waals surface area contributed by atoms with Crippen LogP contribution in [0.25, 0.3) is 0 Å². The van der Waals surface area contributed by atoms with Gasteiger partial charge in [0.2, 0.25) is 5.91 Å². The van der Waals surface area contributed by atoms with Gasteiger partial charge >= 0.3 is 12.2 Å². The van der Waals surface area contributed by atoms with Crippen LogP contribution in [0.4, 0.5) is 23.7 Å². The normalized spacial score (nSPS) is 23.0. The fraction of sp³-hybridized carbons (Fsp3) is 0.600. The summed E-state index contributed by atoms with van der Waals surface area (Å²) in [5.41, 5.74) is 1.43. The number of anilines is 1. The minimum Gasteiger partial charge on any atom is -0.493 e. The van der Waals surface area contributed by atoms with Crippen molar-refractivity contribution < 1.29 is 32.3 Å². The smallest absolute Gasteiger partial charge is 0.410 e. The zero-order valence-electron chi connectivity index (χ0n) is 24.2. The van der Waals surface area contributed by atoms with Crippen LogP contribution in [-0.2, 0) is 4.79 Å². The van der Waals surface area contributed by atoms with E-state index in [1.807, 2.05) is 19.2 Å². The zero-order valence-corrected chi connectivity index (χ0v) is 24.2. The van der Waals surface area contributed by atoms with Crippen molar-refractivity contribution in [3.63, 3.8) is 0 Å². The number of amides is 4. The van der Waals surface area contributed by atoms with E-state index in [1.54, 1.807) is 35.1 Å². The topological polar surface area (TPSA) is 118 Å². The molecule has 3 N–H and O–H groups in total. The second kappa shape index (κ2) is 11.4. The standard InChI is InChI=1S/C30H37F3N6O4/c1-16(2)39-22(11-12-34-39)27(40)37-26(25(17-5-6-17)18-7-8-18)28(41)35-19-9-10-20-21(4-3-13-43-23(20)14-19)38-15-24(30(31,32)33)36-29(38)42/h9-12,14,16-18,21,24-26H,3-8,13,15H2,1-2H3,(H,35,41)(H,36,42)(H,37,40)/t21-,24-,26-/m0/s1. The Labute approximate surface area is 247 Å². The number of urea groups is 1. The Bertz CT molecular complexity index is 1370. The van der Waals surface area contributed by atoms with Gasteiger partial charge in [-0.05, 0) is 82.3 Å². The Morgan fingerprint density at radius 2 is 1.81 bits per heavy atom. The second-order valence-corrected chi connectivity index (χ2v) is 12.4. The van der Waals surface area contributed by atoms with Crippen LogP contribution in [0.1, 0.15) is 80.5 Å². The van der Waals surface area contributed by atoms with Crippen LogP contribution in [0.5, 0.6) is 5.75 Å². The lowest BCUT2D eigenvalue weighted by Crippen LogP contribution is -2.50. The van der Waals surface area contributed by atoms with Crippen molar-refractivity contribution in [2.75, 3.05) is 18.5 Å². The van der Waals surface area contributed by atoms with Crippen LogP contribution in [0.2, 0.25) is 0 Å². The molecule has 3 heterocycles. The highest BCUT2D eigenvalue weighted by Gasteiger charge is 2.50. The summed E-state index contributed by atoms with van der Waals surface area (Å²) in [7, 11) is 0. The maximum atomic E-state index is 13.9. The maximum absolute atomic E-state index is 13.9. The first-order chi connectivity index (χ1) is 20.5. The van der Waals surface area contributed by atoms with Crippen molar-refractivity contribution >= 4 is 23.5 Å². The van der Waals surface area contributed by atoms with Gasteiger partial charge in [0.05, 0.1) is 19.2 Å². The molecule has 2 saturated carbocycles. The molecular weight excluding hydrogens is 565 g/mol. The van der Waals surface area contributed by atoms with E-state index in [-0.39, 0.29) is 23.8 Å². The Kier molecular flexibility index (Phi) is 7.76. The van der Waals surface area contributed by atoms with E-state index < -0.39 is 36.9 Å². The Morgan fingerprint density at radius 1 is 1.09 bits per heavy atom. The molecule has 3 atom stereocenters. The first-order valence-electron chi connectivity index (χ1n) is 15.1. The first kappa shape index (κ1) is 29.3. The highest BCUT2D eigenvalue weighted by molar-refractivity contribution is 6.01. The largest absolute Gasteiger partial charge is 0.493 e. The molecule has 3 fully saturated rings. The average molecular weight is 603 g/mol. The van der Waals surface area contributed by atoms with Gasteiger partial charge in [-0.25, -0.2) is 4.79 Å². The predicted molar refractivity (Wildman–Crippen MR) is 150 cm³/mol. The first-order valence-corrected chi connectivity index (χ1v) is 15.1. The van der Waals surface area contributed by atoms with E-state index in [4.69, 9.17) is 4.74 Å². The molecule has 2 aliphatic heterocycles. The summed E-state index contributed by atoms with van der Waals surface area (Å²) in [5, 5.41) is 12.3. The number of nitrogens with one attached hydrogen (secondary N) is 3. The van der Waals surface area contributed by atoms with Gasteiger partial charge in [0.15, 0.2) is 0 Å². The predicted octanol–water partition coefficient (Wildman–Crippen LogP) is 4.81. The van der Waals surface area contributed by atoms with Crippen LogP contribution in [0.15, 0.2) is 30.5 Å². The molecule has 10 nitrogen and oxygen atoms in total. The zero-order chi connectivity index (χ0) is 30.5. The lowest BCUT2D eigenvalue weighted by atomic mass is 9.88. The summed E-state index contributed by atoms with van der Waals surface area (Å²) >= 11 is 0. The fourth-order valence-electron chi connectivity index (χ4n) is 6.53. The van der Waals surface area contributed by atoms with Crippen LogP contribution < -0.4 is 20.7 Å². The highest BCUT2D eigenvalue weighted by atomic mass is 19.4. The lowest BCUT2D eigenvalue weighted by molar-refractivity contribution is -0.150. The number of aromatic nitrogens is 2. The van der Waals surface area contributed by atoms with E-state index in [2.05, 4.69) is 15.7 Å². The molecule has 0 bridgehead atoms. The number of benzene rings is 1. The molecule has 2 aliphatic carbocycles. The van der Waals surface area contributed by atoms with E-state index in [1.165, 1.54) is 4.90 Å². The van der Waals surface area contributed by atoms with Crippen molar-refractivity contribution in [1.82, 2.24) is 25.3 Å². The number of fused-ring (bicyclic) bond motifs is 1. The molecular formula is C30H37F3N6O4. The molecule has 6 rings (SSSR count). The molecule has 13 heteroatoms. The molecule has 2 aromatic rings. The summed E-state index contributed by atoms with van der Waals surface area (Å²) in [6.07, 6.45) is 2.13. The maximum Gasteiger partial charge on any atom is 0.410 e. The molecule has 232 valence electrons. The molecule has 4 amide bonds. The molecule has 4 aliphatic rings. The average Bonchev–Trinajstić information content (AvgIpc) is 3.88. The quantitative estimate of drug-likeness (QED) is 0.381. The van der Waals surface area contributed by atoms with E-state index in [0.29, 0.717) is 54.0 Å². The van der Waals surface area contributed by atoms with E-state index >= 15 is 0 Å². The van der Waals surface area contributed by atoms with Crippen molar-refractivity contribution in [2.24, 2.45) is 17.8 Å². The number of alkyl halides is 3. The SMILES string of the molecule is CC(C)n1nccc1C(=O)N[C@H](C(=O)Nc1ccc2c(c1)OCCC[C@@H]2N1C[C@@H](C(F)(F)F)NC1=O)C(C1CC1)C1CC1. The number of nitrogens with zero attached hydrogens (tertiary/aromatic N) is 3. The number of carbonyl (C=O) groups is 3. The Hall–Kier alpha value is -3.77. The van der Waals surface area contributed by atoms with Crippen molar-refractivity contribution in [3.05, 3.63) is 41.7 Å². The highest BCUT2D eigenvalue weighted by Crippen LogP contribution is 2.51. The number of ether oxygens (including phenoxy) is 1.